The summed E-state index contributed by atoms with van der Waals surface area (Å²) in [6, 6.07) is 3.66. The van der Waals surface area contributed by atoms with E-state index < -0.39 is 0 Å². The van der Waals surface area contributed by atoms with Gasteiger partial charge < -0.3 is 5.32 Å². The van der Waals surface area contributed by atoms with E-state index in [1.807, 2.05) is 13.0 Å². The van der Waals surface area contributed by atoms with Crippen molar-refractivity contribution >= 4 is 56.3 Å². The van der Waals surface area contributed by atoms with Gasteiger partial charge in [0.2, 0.25) is 5.91 Å². The molecule has 0 aromatic carbocycles. The number of ketones is 1. The van der Waals surface area contributed by atoms with Crippen LogP contribution in [-0.2, 0) is 30.7 Å². The van der Waals surface area contributed by atoms with Crippen molar-refractivity contribution in [2.24, 2.45) is 5.92 Å². The number of rotatable bonds is 7. The molecule has 1 unspecified atom stereocenters. The minimum absolute atomic E-state index is 0.000345. The van der Waals surface area contributed by atoms with Gasteiger partial charge in [-0.15, -0.1) is 22.7 Å². The fourth-order valence-corrected chi connectivity index (χ4v) is 7.18. The number of nitrogens with one attached hydrogen (secondary N) is 1. The van der Waals surface area contributed by atoms with Crippen LogP contribution in [0.2, 0.25) is 0 Å². The summed E-state index contributed by atoms with van der Waals surface area (Å²) in [5.74, 6) is 0.767. The summed E-state index contributed by atoms with van der Waals surface area (Å²) in [5.41, 5.74) is 1.21. The lowest BCUT2D eigenvalue weighted by Crippen LogP contribution is -2.23. The Bertz CT molecular complexity index is 1210. The molecule has 0 bridgehead atoms. The lowest BCUT2D eigenvalue weighted by atomic mass is 9.89. The third-order valence-electron chi connectivity index (χ3n) is 5.48. The first-order valence-electron chi connectivity index (χ1n) is 10.4. The summed E-state index contributed by atoms with van der Waals surface area (Å²) in [6.07, 6.45) is 3.07. The van der Waals surface area contributed by atoms with E-state index in [0.717, 1.165) is 34.4 Å². The molecule has 4 rings (SSSR count). The summed E-state index contributed by atoms with van der Waals surface area (Å²) in [6.45, 7) is 6.62. The van der Waals surface area contributed by atoms with Gasteiger partial charge in [0, 0.05) is 23.2 Å². The average Bonchev–Trinajstić information content (AvgIpc) is 3.34. The molecule has 164 valence electrons. The van der Waals surface area contributed by atoms with E-state index in [4.69, 9.17) is 4.98 Å². The largest absolute Gasteiger partial charge is 0.351 e. The highest BCUT2D eigenvalue weighted by atomic mass is 32.2. The van der Waals surface area contributed by atoms with E-state index in [1.54, 1.807) is 22.0 Å². The number of aromatic nitrogens is 2. The Balaban J connectivity index is 1.55. The van der Waals surface area contributed by atoms with Crippen LogP contribution >= 0.6 is 34.4 Å². The highest BCUT2D eigenvalue weighted by Gasteiger charge is 2.24. The zero-order chi connectivity index (χ0) is 22.1. The Morgan fingerprint density at radius 3 is 2.87 bits per heavy atom. The molecule has 3 aromatic heterocycles. The number of hydrogen-bond donors (Lipinski definition) is 1. The topological polar surface area (TPSA) is 81.1 Å². The number of thiophene rings is 2. The predicted molar refractivity (Wildman–Crippen MR) is 128 cm³/mol. The fourth-order valence-electron chi connectivity index (χ4n) is 3.83. The van der Waals surface area contributed by atoms with Gasteiger partial charge in [-0.2, -0.15) is 0 Å². The molecule has 1 N–H and O–H groups in total. The van der Waals surface area contributed by atoms with E-state index in [9.17, 15) is 14.4 Å². The second-order valence-corrected chi connectivity index (χ2v) is 11.1. The van der Waals surface area contributed by atoms with Gasteiger partial charge >= 0.3 is 0 Å². The maximum atomic E-state index is 13.2. The molecule has 0 fully saturated rings. The number of amides is 1. The van der Waals surface area contributed by atoms with E-state index >= 15 is 0 Å². The normalized spacial score (nSPS) is 15.8. The molecule has 0 radical (unpaired) electrons. The first-order valence-corrected chi connectivity index (χ1v) is 13.0. The van der Waals surface area contributed by atoms with E-state index in [2.05, 4.69) is 12.2 Å². The van der Waals surface area contributed by atoms with Crippen molar-refractivity contribution in [1.29, 1.82) is 0 Å². The van der Waals surface area contributed by atoms with Gasteiger partial charge in [0.15, 0.2) is 10.9 Å². The Morgan fingerprint density at radius 1 is 1.32 bits per heavy atom. The molecule has 3 heterocycles. The number of thioether (sulfide) groups is 1. The van der Waals surface area contributed by atoms with E-state index in [-0.39, 0.29) is 23.0 Å². The van der Waals surface area contributed by atoms with Crippen LogP contribution in [0, 0.1) is 5.92 Å². The Morgan fingerprint density at radius 2 is 2.13 bits per heavy atom. The third-order valence-corrected chi connectivity index (χ3v) is 8.73. The highest BCUT2D eigenvalue weighted by Crippen LogP contribution is 2.36. The highest BCUT2D eigenvalue weighted by molar-refractivity contribution is 7.99. The standard InChI is InChI=1S/C22H25N3O3S3/c1-4-25-21(28)19-15-7-5-12(2)9-18(15)31-20(19)24-22(25)29-11-16(27)17-8-6-14(30-17)10-23-13(3)26/h6,8,12H,4-5,7,9-11H2,1-3H3,(H,23,26). The quantitative estimate of drug-likeness (QED) is 0.313. The van der Waals surface area contributed by atoms with Crippen LogP contribution in [-0.4, -0.2) is 27.0 Å². The van der Waals surface area contributed by atoms with Crippen molar-refractivity contribution in [2.45, 2.75) is 58.3 Å². The van der Waals surface area contributed by atoms with Crippen molar-refractivity contribution in [3.05, 3.63) is 42.7 Å². The number of aryl methyl sites for hydroxylation is 1. The summed E-state index contributed by atoms with van der Waals surface area (Å²) in [4.78, 5) is 45.5. The van der Waals surface area contributed by atoms with Gasteiger partial charge in [-0.25, -0.2) is 4.98 Å². The summed E-state index contributed by atoms with van der Waals surface area (Å²) in [5, 5.41) is 4.13. The lowest BCUT2D eigenvalue weighted by molar-refractivity contribution is -0.119. The first kappa shape index (κ1) is 22.2. The number of fused-ring (bicyclic) bond motifs is 3. The maximum Gasteiger partial charge on any atom is 0.263 e. The molecule has 3 aromatic rings. The van der Waals surface area contributed by atoms with Gasteiger partial charge in [-0.05, 0) is 49.8 Å². The van der Waals surface area contributed by atoms with Crippen molar-refractivity contribution in [3.63, 3.8) is 0 Å². The van der Waals surface area contributed by atoms with Crippen molar-refractivity contribution < 1.29 is 9.59 Å². The second-order valence-electron chi connectivity index (χ2n) is 7.86. The Kier molecular flexibility index (Phi) is 6.64. The predicted octanol–water partition coefficient (Wildman–Crippen LogP) is 4.28. The molecule has 6 nitrogen and oxygen atoms in total. The second kappa shape index (κ2) is 9.26. The monoisotopic (exact) mass is 475 g/mol. The first-order chi connectivity index (χ1) is 14.9. The van der Waals surface area contributed by atoms with Gasteiger partial charge in [-0.1, -0.05) is 18.7 Å². The molecule has 1 atom stereocenters. The van der Waals surface area contributed by atoms with Crippen LogP contribution in [0.1, 0.15) is 52.2 Å². The molecule has 0 spiro atoms. The minimum Gasteiger partial charge on any atom is -0.351 e. The molecule has 1 aliphatic rings. The number of carbonyl (C=O) groups excluding carboxylic acids is 2. The molecule has 31 heavy (non-hydrogen) atoms. The maximum absolute atomic E-state index is 13.2. The van der Waals surface area contributed by atoms with Gasteiger partial charge in [0.1, 0.15) is 4.83 Å². The molecular weight excluding hydrogens is 450 g/mol. The summed E-state index contributed by atoms with van der Waals surface area (Å²) >= 11 is 4.35. The Hall–Kier alpha value is -1.97. The van der Waals surface area contributed by atoms with Crippen LogP contribution in [0.4, 0.5) is 0 Å². The molecule has 0 saturated carbocycles. The smallest absolute Gasteiger partial charge is 0.263 e. The minimum atomic E-state index is -0.0967. The SMILES string of the molecule is CCn1c(SCC(=O)c2ccc(CNC(C)=O)s2)nc2sc3c(c2c1=O)CCC(C)C3. The van der Waals surface area contributed by atoms with Crippen LogP contribution in [0.25, 0.3) is 10.2 Å². The summed E-state index contributed by atoms with van der Waals surface area (Å²) < 4.78 is 1.70. The average molecular weight is 476 g/mol. The van der Waals surface area contributed by atoms with Gasteiger partial charge in [0.05, 0.1) is 22.6 Å². The molecular formula is C22H25N3O3S3. The number of carbonyl (C=O) groups is 2. The van der Waals surface area contributed by atoms with Crippen LogP contribution < -0.4 is 10.9 Å². The van der Waals surface area contributed by atoms with Crippen LogP contribution in [0.5, 0.6) is 0 Å². The number of nitrogens with zero attached hydrogens (tertiary/aromatic N) is 2. The fraction of sp³-hybridized carbons (Fsp3) is 0.455. The molecule has 1 amide bonds. The molecule has 0 saturated heterocycles. The zero-order valence-electron chi connectivity index (χ0n) is 17.8. The third kappa shape index (κ3) is 4.63. The number of Topliss-reactive ketones (excluding diaryl/α,β-unsaturated/α-hetero) is 1. The zero-order valence-corrected chi connectivity index (χ0v) is 20.3. The number of hydrogen-bond acceptors (Lipinski definition) is 7. The van der Waals surface area contributed by atoms with Crippen molar-refractivity contribution in [3.8, 4) is 0 Å². The summed E-state index contributed by atoms with van der Waals surface area (Å²) in [7, 11) is 0. The lowest BCUT2D eigenvalue weighted by Gasteiger charge is -2.17. The molecule has 9 heteroatoms. The van der Waals surface area contributed by atoms with Crippen LogP contribution in [0.3, 0.4) is 0 Å². The van der Waals surface area contributed by atoms with Crippen molar-refractivity contribution in [2.75, 3.05) is 5.75 Å². The van der Waals surface area contributed by atoms with Crippen molar-refractivity contribution in [1.82, 2.24) is 14.9 Å². The van der Waals surface area contributed by atoms with E-state index in [0.29, 0.717) is 29.0 Å². The Labute approximate surface area is 193 Å². The van der Waals surface area contributed by atoms with Gasteiger partial charge in [0.25, 0.3) is 5.56 Å². The molecule has 0 aliphatic heterocycles. The van der Waals surface area contributed by atoms with Crippen LogP contribution in [0.15, 0.2) is 22.1 Å². The van der Waals surface area contributed by atoms with Gasteiger partial charge in [-0.3, -0.25) is 19.0 Å². The molecule has 1 aliphatic carbocycles. The van der Waals surface area contributed by atoms with E-state index in [1.165, 1.54) is 40.5 Å².